The van der Waals surface area contributed by atoms with Crippen molar-refractivity contribution in [2.24, 2.45) is 0 Å². The van der Waals surface area contributed by atoms with Crippen molar-refractivity contribution in [2.75, 3.05) is 7.11 Å². The maximum atomic E-state index is 11.4. The van der Waals surface area contributed by atoms with E-state index >= 15 is 0 Å². The van der Waals surface area contributed by atoms with Crippen LogP contribution >= 0.6 is 11.6 Å². The highest BCUT2D eigenvalue weighted by Gasteiger charge is 2.51. The standard InChI is InChI=1S/C19H26BClN4O4/c1-18(2)19(3,4)29-20(28-18)14-10-9-13(15(21)11-14)7-6-8-16-22-23-24-25(16)12-17(26)27-5/h9-11H,6-8,12H2,1-5H3. The van der Waals surface area contributed by atoms with Crippen molar-refractivity contribution < 1.29 is 18.8 Å². The van der Waals surface area contributed by atoms with Crippen molar-refractivity contribution in [3.05, 3.63) is 34.6 Å². The third-order valence-electron chi connectivity index (χ3n) is 5.56. The zero-order valence-corrected chi connectivity index (χ0v) is 18.2. The molecule has 8 nitrogen and oxygen atoms in total. The van der Waals surface area contributed by atoms with E-state index in [1.54, 1.807) is 0 Å². The SMILES string of the molecule is COC(=O)Cn1nnnc1CCCc1ccc(B2OC(C)(C)C(C)(C)O2)cc1Cl. The Morgan fingerprint density at radius 3 is 2.52 bits per heavy atom. The molecule has 3 rings (SSSR count). The van der Waals surface area contributed by atoms with Crippen molar-refractivity contribution in [1.82, 2.24) is 20.2 Å². The molecule has 0 bridgehead atoms. The molecule has 2 aromatic rings. The summed E-state index contributed by atoms with van der Waals surface area (Å²) in [5.74, 6) is 0.250. The number of rotatable bonds is 7. The fourth-order valence-corrected chi connectivity index (χ4v) is 3.32. The van der Waals surface area contributed by atoms with Crippen LogP contribution in [0.25, 0.3) is 0 Å². The molecule has 1 aliphatic heterocycles. The zero-order chi connectivity index (χ0) is 21.2. The molecular formula is C19H26BClN4O4. The molecule has 0 radical (unpaired) electrons. The fraction of sp³-hybridized carbons (Fsp3) is 0.579. The number of benzene rings is 1. The van der Waals surface area contributed by atoms with Gasteiger partial charge in [-0.05, 0) is 68.1 Å². The van der Waals surface area contributed by atoms with E-state index < -0.39 is 18.3 Å². The van der Waals surface area contributed by atoms with E-state index in [0.29, 0.717) is 17.3 Å². The largest absolute Gasteiger partial charge is 0.494 e. The predicted molar refractivity (Wildman–Crippen MR) is 109 cm³/mol. The van der Waals surface area contributed by atoms with Gasteiger partial charge in [-0.15, -0.1) is 5.10 Å². The lowest BCUT2D eigenvalue weighted by atomic mass is 9.78. The predicted octanol–water partition coefficient (Wildman–Crippen LogP) is 1.97. The minimum Gasteiger partial charge on any atom is -0.468 e. The molecule has 1 aromatic heterocycles. The van der Waals surface area contributed by atoms with Gasteiger partial charge in [0.15, 0.2) is 5.82 Å². The van der Waals surface area contributed by atoms with Gasteiger partial charge >= 0.3 is 13.1 Å². The molecule has 0 spiro atoms. The van der Waals surface area contributed by atoms with Crippen LogP contribution in [0.15, 0.2) is 18.2 Å². The normalized spacial score (nSPS) is 17.5. The molecule has 1 aromatic carbocycles. The van der Waals surface area contributed by atoms with Crippen LogP contribution in [0.4, 0.5) is 0 Å². The summed E-state index contributed by atoms with van der Waals surface area (Å²) in [5, 5.41) is 12.1. The molecule has 1 saturated heterocycles. The van der Waals surface area contributed by atoms with E-state index in [2.05, 4.69) is 20.3 Å². The van der Waals surface area contributed by atoms with Crippen LogP contribution in [-0.4, -0.2) is 51.6 Å². The van der Waals surface area contributed by atoms with Crippen LogP contribution in [0, 0.1) is 0 Å². The minimum atomic E-state index is -0.436. The third kappa shape index (κ3) is 4.79. The van der Waals surface area contributed by atoms with Gasteiger partial charge in [0.2, 0.25) is 0 Å². The van der Waals surface area contributed by atoms with Crippen molar-refractivity contribution in [2.45, 2.75) is 64.7 Å². The maximum absolute atomic E-state index is 11.4. The minimum absolute atomic E-state index is 0.00235. The van der Waals surface area contributed by atoms with Gasteiger partial charge in [-0.3, -0.25) is 4.79 Å². The Morgan fingerprint density at radius 1 is 1.21 bits per heavy atom. The van der Waals surface area contributed by atoms with Crippen LogP contribution in [0.5, 0.6) is 0 Å². The Morgan fingerprint density at radius 2 is 1.90 bits per heavy atom. The highest BCUT2D eigenvalue weighted by Crippen LogP contribution is 2.36. The van der Waals surface area contributed by atoms with Gasteiger partial charge in [0.05, 0.1) is 18.3 Å². The van der Waals surface area contributed by atoms with E-state index in [0.717, 1.165) is 23.9 Å². The number of aromatic nitrogens is 4. The molecule has 0 unspecified atom stereocenters. The first-order valence-corrected chi connectivity index (χ1v) is 9.96. The first kappa shape index (κ1) is 21.7. The molecule has 1 fully saturated rings. The number of esters is 1. The van der Waals surface area contributed by atoms with Crippen molar-refractivity contribution in [3.8, 4) is 0 Å². The van der Waals surface area contributed by atoms with Crippen molar-refractivity contribution in [3.63, 3.8) is 0 Å². The second-order valence-electron chi connectivity index (χ2n) is 8.12. The van der Waals surface area contributed by atoms with Gasteiger partial charge < -0.3 is 14.0 Å². The number of ether oxygens (including phenoxy) is 1. The molecule has 1 aliphatic rings. The van der Waals surface area contributed by atoms with E-state index in [-0.39, 0.29) is 12.5 Å². The number of hydrogen-bond donors (Lipinski definition) is 0. The van der Waals surface area contributed by atoms with Gasteiger partial charge in [0.25, 0.3) is 0 Å². The van der Waals surface area contributed by atoms with Gasteiger partial charge in [0, 0.05) is 11.4 Å². The molecule has 0 saturated carbocycles. The summed E-state index contributed by atoms with van der Waals surface area (Å²) in [5.41, 5.74) is 1.15. The second kappa shape index (κ2) is 8.42. The molecular weight excluding hydrogens is 394 g/mol. The van der Waals surface area contributed by atoms with Gasteiger partial charge in [-0.25, -0.2) is 4.68 Å². The summed E-state index contributed by atoms with van der Waals surface area (Å²) in [6, 6.07) is 5.89. The average molecular weight is 421 g/mol. The monoisotopic (exact) mass is 420 g/mol. The van der Waals surface area contributed by atoms with Gasteiger partial charge in [-0.2, -0.15) is 0 Å². The first-order valence-electron chi connectivity index (χ1n) is 9.59. The highest BCUT2D eigenvalue weighted by atomic mass is 35.5. The van der Waals surface area contributed by atoms with Crippen LogP contribution in [0.2, 0.25) is 5.02 Å². The topological polar surface area (TPSA) is 88.4 Å². The number of nitrogens with zero attached hydrogens (tertiary/aromatic N) is 4. The summed E-state index contributed by atoms with van der Waals surface area (Å²) < 4.78 is 18.3. The summed E-state index contributed by atoms with van der Waals surface area (Å²) in [7, 11) is 0.899. The summed E-state index contributed by atoms with van der Waals surface area (Å²) in [4.78, 5) is 11.4. The smallest absolute Gasteiger partial charge is 0.468 e. The molecule has 29 heavy (non-hydrogen) atoms. The Bertz CT molecular complexity index is 871. The zero-order valence-electron chi connectivity index (χ0n) is 17.4. The molecule has 10 heteroatoms. The molecule has 0 aliphatic carbocycles. The molecule has 0 N–H and O–H groups in total. The number of halogens is 1. The summed E-state index contributed by atoms with van der Waals surface area (Å²) >= 11 is 6.51. The van der Waals surface area contributed by atoms with Crippen LogP contribution in [-0.2, 0) is 38.2 Å². The first-order chi connectivity index (χ1) is 13.6. The summed E-state index contributed by atoms with van der Waals surface area (Å²) in [6.45, 7) is 8.10. The number of methoxy groups -OCH3 is 1. The molecule has 0 amide bonds. The maximum Gasteiger partial charge on any atom is 0.494 e. The Balaban J connectivity index is 1.60. The lowest BCUT2D eigenvalue weighted by Gasteiger charge is -2.32. The van der Waals surface area contributed by atoms with E-state index in [1.807, 2.05) is 45.9 Å². The molecule has 156 valence electrons. The molecule has 0 atom stereocenters. The average Bonchev–Trinajstić information content (AvgIpc) is 3.17. The van der Waals surface area contributed by atoms with Gasteiger partial charge in [0.1, 0.15) is 6.54 Å². The van der Waals surface area contributed by atoms with E-state index in [4.69, 9.17) is 20.9 Å². The Labute approximate surface area is 176 Å². The number of aryl methyl sites for hydroxylation is 2. The van der Waals surface area contributed by atoms with Crippen molar-refractivity contribution >= 4 is 30.2 Å². The lowest BCUT2D eigenvalue weighted by molar-refractivity contribution is -0.141. The fourth-order valence-electron chi connectivity index (χ4n) is 3.04. The highest BCUT2D eigenvalue weighted by molar-refractivity contribution is 6.62. The quantitative estimate of drug-likeness (QED) is 0.500. The number of carbonyl (C=O) groups excluding carboxylic acids is 1. The van der Waals surface area contributed by atoms with Crippen LogP contribution < -0.4 is 5.46 Å². The van der Waals surface area contributed by atoms with Crippen LogP contribution in [0.3, 0.4) is 0 Å². The lowest BCUT2D eigenvalue weighted by Crippen LogP contribution is -2.41. The van der Waals surface area contributed by atoms with Crippen LogP contribution in [0.1, 0.15) is 45.5 Å². The van der Waals surface area contributed by atoms with Crippen molar-refractivity contribution in [1.29, 1.82) is 0 Å². The number of hydrogen-bond acceptors (Lipinski definition) is 7. The van der Waals surface area contributed by atoms with Gasteiger partial charge in [-0.1, -0.05) is 23.7 Å². The number of tetrazole rings is 1. The second-order valence-corrected chi connectivity index (χ2v) is 8.53. The summed E-state index contributed by atoms with van der Waals surface area (Å²) in [6.07, 6.45) is 2.17. The van der Waals surface area contributed by atoms with E-state index in [9.17, 15) is 4.79 Å². The Kier molecular flexibility index (Phi) is 6.31. The molecule has 2 heterocycles. The number of carbonyl (C=O) groups is 1. The Hall–Kier alpha value is -1.97. The third-order valence-corrected chi connectivity index (χ3v) is 5.91. The van der Waals surface area contributed by atoms with E-state index in [1.165, 1.54) is 11.8 Å².